The van der Waals surface area contributed by atoms with Crippen molar-refractivity contribution in [2.24, 2.45) is 0 Å². The number of aromatic carboxylic acids is 1. The fraction of sp³-hybridized carbons (Fsp3) is 0.154. The first kappa shape index (κ1) is 13.4. The number of hydrogen-bond donors (Lipinski definition) is 2. The third-order valence-corrected chi connectivity index (χ3v) is 4.09. The quantitative estimate of drug-likeness (QED) is 0.899. The molecule has 0 aliphatic heterocycles. The zero-order valence-electron chi connectivity index (χ0n) is 10.3. The van der Waals surface area contributed by atoms with Crippen molar-refractivity contribution in [2.45, 2.75) is 6.92 Å². The van der Waals surface area contributed by atoms with Gasteiger partial charge in [-0.3, -0.25) is 4.72 Å². The van der Waals surface area contributed by atoms with E-state index in [-0.39, 0.29) is 11.3 Å². The predicted molar refractivity (Wildman–Crippen MR) is 74.0 cm³/mol. The van der Waals surface area contributed by atoms with Crippen molar-refractivity contribution in [3.63, 3.8) is 0 Å². The van der Waals surface area contributed by atoms with Gasteiger partial charge >= 0.3 is 5.97 Å². The maximum absolute atomic E-state index is 11.6. The normalized spacial score (nSPS) is 11.4. The molecular formula is C13H13NO4S. The second-order valence-corrected chi connectivity index (χ2v) is 6.03. The molecule has 0 aliphatic rings. The average Bonchev–Trinajstić information content (AvgIpc) is 2.38. The molecule has 0 atom stereocenters. The van der Waals surface area contributed by atoms with E-state index in [1.807, 2.05) is 0 Å². The van der Waals surface area contributed by atoms with Crippen LogP contribution in [-0.2, 0) is 10.0 Å². The molecule has 2 aromatic carbocycles. The Morgan fingerprint density at radius 2 is 1.79 bits per heavy atom. The van der Waals surface area contributed by atoms with E-state index in [1.165, 1.54) is 19.1 Å². The molecule has 0 bridgehead atoms. The highest BCUT2D eigenvalue weighted by Gasteiger charge is 2.14. The fourth-order valence-corrected chi connectivity index (χ4v) is 2.47. The van der Waals surface area contributed by atoms with Crippen molar-refractivity contribution in [1.82, 2.24) is 0 Å². The summed E-state index contributed by atoms with van der Waals surface area (Å²) in [4.78, 5) is 11.1. The molecular weight excluding hydrogens is 266 g/mol. The maximum Gasteiger partial charge on any atom is 0.336 e. The summed E-state index contributed by atoms with van der Waals surface area (Å²) in [6.45, 7) is 1.54. The first-order chi connectivity index (χ1) is 8.94. The van der Waals surface area contributed by atoms with Crippen LogP contribution in [0.2, 0.25) is 0 Å². The van der Waals surface area contributed by atoms with Crippen LogP contribution in [0.4, 0.5) is 5.69 Å². The number of hydrogen-bond acceptors (Lipinski definition) is 3. The molecule has 0 amide bonds. The third-order valence-electron chi connectivity index (χ3n) is 2.80. The van der Waals surface area contributed by atoms with Crippen LogP contribution in [0, 0.1) is 0 Å². The standard InChI is InChI=1S/C13H13NO4S/c1-2-19(17,18)14-12-8-7-11(13(15)16)9-5-3-4-6-10(9)12/h3-8,14H,2H2,1H3,(H,15,16). The van der Waals surface area contributed by atoms with Crippen molar-refractivity contribution in [2.75, 3.05) is 10.5 Å². The molecule has 0 aromatic heterocycles. The lowest BCUT2D eigenvalue weighted by Gasteiger charge is -2.11. The molecule has 2 N–H and O–H groups in total. The summed E-state index contributed by atoms with van der Waals surface area (Å²) in [7, 11) is -3.39. The number of fused-ring (bicyclic) bond motifs is 1. The summed E-state index contributed by atoms with van der Waals surface area (Å²) in [5.74, 6) is -1.08. The van der Waals surface area contributed by atoms with E-state index in [1.54, 1.807) is 24.3 Å². The van der Waals surface area contributed by atoms with Crippen molar-refractivity contribution in [3.05, 3.63) is 42.0 Å². The van der Waals surface area contributed by atoms with E-state index >= 15 is 0 Å². The van der Waals surface area contributed by atoms with Gasteiger partial charge in [-0.15, -0.1) is 0 Å². The van der Waals surface area contributed by atoms with E-state index in [4.69, 9.17) is 5.11 Å². The van der Waals surface area contributed by atoms with Crippen molar-refractivity contribution >= 4 is 32.5 Å². The van der Waals surface area contributed by atoms with Crippen LogP contribution in [0.1, 0.15) is 17.3 Å². The average molecular weight is 279 g/mol. The van der Waals surface area contributed by atoms with Gasteiger partial charge in [0, 0.05) is 5.39 Å². The van der Waals surface area contributed by atoms with Gasteiger partial charge in [-0.1, -0.05) is 24.3 Å². The van der Waals surface area contributed by atoms with Crippen LogP contribution in [0.3, 0.4) is 0 Å². The van der Waals surface area contributed by atoms with E-state index < -0.39 is 16.0 Å². The SMILES string of the molecule is CCS(=O)(=O)Nc1ccc(C(=O)O)c2ccccc12. The topological polar surface area (TPSA) is 83.5 Å². The second kappa shape index (κ2) is 4.89. The Labute approximate surface area is 110 Å². The number of carbonyl (C=O) groups is 1. The molecule has 19 heavy (non-hydrogen) atoms. The van der Waals surface area contributed by atoms with Crippen LogP contribution >= 0.6 is 0 Å². The lowest BCUT2D eigenvalue weighted by atomic mass is 10.0. The van der Waals surface area contributed by atoms with E-state index in [0.717, 1.165) is 0 Å². The van der Waals surface area contributed by atoms with Gasteiger partial charge < -0.3 is 5.11 Å². The summed E-state index contributed by atoms with van der Waals surface area (Å²) >= 11 is 0. The summed E-state index contributed by atoms with van der Waals surface area (Å²) in [6, 6.07) is 9.67. The van der Waals surface area contributed by atoms with Gasteiger partial charge in [-0.25, -0.2) is 13.2 Å². The highest BCUT2D eigenvalue weighted by molar-refractivity contribution is 7.92. The van der Waals surface area contributed by atoms with Crippen molar-refractivity contribution in [1.29, 1.82) is 0 Å². The van der Waals surface area contributed by atoms with Gasteiger partial charge in [0.15, 0.2) is 0 Å². The lowest BCUT2D eigenvalue weighted by molar-refractivity contribution is 0.0699. The van der Waals surface area contributed by atoms with Gasteiger partial charge in [0.05, 0.1) is 17.0 Å². The number of rotatable bonds is 4. The molecule has 2 aromatic rings. The number of nitrogens with one attached hydrogen (secondary N) is 1. The molecule has 5 nitrogen and oxygen atoms in total. The lowest BCUT2D eigenvalue weighted by Crippen LogP contribution is -2.15. The van der Waals surface area contributed by atoms with Crippen LogP contribution in [-0.4, -0.2) is 25.2 Å². The molecule has 0 aliphatic carbocycles. The van der Waals surface area contributed by atoms with Crippen molar-refractivity contribution < 1.29 is 18.3 Å². The van der Waals surface area contributed by atoms with Gasteiger partial charge in [-0.05, 0) is 24.4 Å². The Hall–Kier alpha value is -2.08. The summed E-state index contributed by atoms with van der Waals surface area (Å²) in [5, 5.41) is 10.2. The van der Waals surface area contributed by atoms with Crippen molar-refractivity contribution in [3.8, 4) is 0 Å². The fourth-order valence-electron chi connectivity index (χ4n) is 1.81. The van der Waals surface area contributed by atoms with Gasteiger partial charge in [0.2, 0.25) is 10.0 Å². The smallest absolute Gasteiger partial charge is 0.336 e. The number of sulfonamides is 1. The predicted octanol–water partition coefficient (Wildman–Crippen LogP) is 2.30. The van der Waals surface area contributed by atoms with Gasteiger partial charge in [0.25, 0.3) is 0 Å². The molecule has 0 heterocycles. The minimum Gasteiger partial charge on any atom is -0.478 e. The Kier molecular flexibility index (Phi) is 3.44. The number of anilines is 1. The van der Waals surface area contributed by atoms with E-state index in [9.17, 15) is 13.2 Å². The summed E-state index contributed by atoms with van der Waals surface area (Å²) in [6.07, 6.45) is 0. The minimum absolute atomic E-state index is 0.0397. The zero-order valence-corrected chi connectivity index (χ0v) is 11.1. The van der Waals surface area contributed by atoms with E-state index in [0.29, 0.717) is 16.5 Å². The second-order valence-electron chi connectivity index (χ2n) is 4.02. The molecule has 2 rings (SSSR count). The Morgan fingerprint density at radius 1 is 1.16 bits per heavy atom. The van der Waals surface area contributed by atoms with Crippen LogP contribution < -0.4 is 4.72 Å². The van der Waals surface area contributed by atoms with Crippen LogP contribution in [0.25, 0.3) is 10.8 Å². The summed E-state index contributed by atoms with van der Waals surface area (Å²) in [5.41, 5.74) is 0.539. The van der Waals surface area contributed by atoms with Gasteiger partial charge in [0.1, 0.15) is 0 Å². The Morgan fingerprint density at radius 3 is 2.37 bits per heavy atom. The minimum atomic E-state index is -3.39. The summed E-state index contributed by atoms with van der Waals surface area (Å²) < 4.78 is 25.7. The molecule has 0 fully saturated rings. The highest BCUT2D eigenvalue weighted by Crippen LogP contribution is 2.27. The highest BCUT2D eigenvalue weighted by atomic mass is 32.2. The first-order valence-electron chi connectivity index (χ1n) is 5.70. The molecule has 0 saturated carbocycles. The first-order valence-corrected chi connectivity index (χ1v) is 7.35. The van der Waals surface area contributed by atoms with Crippen LogP contribution in [0.15, 0.2) is 36.4 Å². The number of carboxylic acids is 1. The maximum atomic E-state index is 11.6. The number of carboxylic acid groups (broad SMARTS) is 1. The third kappa shape index (κ3) is 2.68. The zero-order chi connectivity index (χ0) is 14.0. The van der Waals surface area contributed by atoms with Crippen LogP contribution in [0.5, 0.6) is 0 Å². The molecule has 0 unspecified atom stereocenters. The molecule has 0 spiro atoms. The van der Waals surface area contributed by atoms with Gasteiger partial charge in [-0.2, -0.15) is 0 Å². The Bertz CT molecular complexity index is 737. The number of benzene rings is 2. The molecule has 0 radical (unpaired) electrons. The van der Waals surface area contributed by atoms with E-state index in [2.05, 4.69) is 4.72 Å². The molecule has 0 saturated heterocycles. The molecule has 100 valence electrons. The Balaban J connectivity index is 2.66. The largest absolute Gasteiger partial charge is 0.478 e. The molecule has 6 heteroatoms. The monoisotopic (exact) mass is 279 g/mol.